The van der Waals surface area contributed by atoms with E-state index in [2.05, 4.69) is 0 Å². The average Bonchev–Trinajstić information content (AvgIpc) is 2.35. The van der Waals surface area contributed by atoms with Gasteiger partial charge in [-0.15, -0.1) is 0 Å². The molecule has 0 saturated heterocycles. The fourth-order valence-corrected chi connectivity index (χ4v) is 2.01. The standard InChI is InChI=1S/C15H11ClF2O/c1-9-2-3-10(6-12(9)8-15(16)19)11-4-5-13(17)14(18)7-11/h2-7H,8H2,1H3. The van der Waals surface area contributed by atoms with Crippen molar-refractivity contribution in [3.05, 3.63) is 59.2 Å². The molecule has 0 aliphatic rings. The molecule has 0 aromatic heterocycles. The fourth-order valence-electron chi connectivity index (χ4n) is 1.87. The van der Waals surface area contributed by atoms with Gasteiger partial charge < -0.3 is 0 Å². The zero-order valence-electron chi connectivity index (χ0n) is 10.2. The molecule has 19 heavy (non-hydrogen) atoms. The number of hydrogen-bond donors (Lipinski definition) is 0. The molecule has 0 spiro atoms. The SMILES string of the molecule is Cc1ccc(-c2ccc(F)c(F)c2)cc1CC(=O)Cl. The van der Waals surface area contributed by atoms with Gasteiger partial charge in [0.05, 0.1) is 0 Å². The maximum Gasteiger partial charge on any atom is 0.226 e. The molecule has 98 valence electrons. The molecule has 0 aliphatic heterocycles. The van der Waals surface area contributed by atoms with E-state index in [1.54, 1.807) is 12.1 Å². The number of aryl methyl sites for hydroxylation is 1. The monoisotopic (exact) mass is 280 g/mol. The molecular formula is C15H11ClF2O. The highest BCUT2D eigenvalue weighted by Crippen LogP contribution is 2.24. The lowest BCUT2D eigenvalue weighted by atomic mass is 9.98. The van der Waals surface area contributed by atoms with E-state index in [9.17, 15) is 13.6 Å². The highest BCUT2D eigenvalue weighted by molar-refractivity contribution is 6.63. The van der Waals surface area contributed by atoms with Crippen molar-refractivity contribution in [1.29, 1.82) is 0 Å². The summed E-state index contributed by atoms with van der Waals surface area (Å²) in [5, 5.41) is -0.453. The van der Waals surface area contributed by atoms with Crippen LogP contribution in [0, 0.1) is 18.6 Å². The van der Waals surface area contributed by atoms with E-state index in [-0.39, 0.29) is 6.42 Å². The summed E-state index contributed by atoms with van der Waals surface area (Å²) < 4.78 is 26.1. The zero-order valence-corrected chi connectivity index (χ0v) is 11.0. The van der Waals surface area contributed by atoms with Crippen molar-refractivity contribution in [2.45, 2.75) is 13.3 Å². The van der Waals surface area contributed by atoms with Crippen LogP contribution in [0.1, 0.15) is 11.1 Å². The predicted octanol–water partition coefficient (Wildman–Crippen LogP) is 4.25. The summed E-state index contributed by atoms with van der Waals surface area (Å²) >= 11 is 5.38. The number of carbonyl (C=O) groups is 1. The van der Waals surface area contributed by atoms with Gasteiger partial charge in [-0.25, -0.2) is 8.78 Å². The van der Waals surface area contributed by atoms with Crippen LogP contribution in [-0.4, -0.2) is 5.24 Å². The molecule has 4 heteroatoms. The van der Waals surface area contributed by atoms with Crippen molar-refractivity contribution in [1.82, 2.24) is 0 Å². The minimum Gasteiger partial charge on any atom is -0.281 e. The van der Waals surface area contributed by atoms with Crippen molar-refractivity contribution in [3.8, 4) is 11.1 Å². The molecule has 0 unspecified atom stereocenters. The predicted molar refractivity (Wildman–Crippen MR) is 71.1 cm³/mol. The number of carbonyl (C=O) groups excluding carboxylic acids is 1. The molecule has 2 aromatic rings. The maximum absolute atomic E-state index is 13.2. The van der Waals surface area contributed by atoms with Crippen molar-refractivity contribution in [2.24, 2.45) is 0 Å². The van der Waals surface area contributed by atoms with Crippen LogP contribution in [0.3, 0.4) is 0 Å². The number of benzene rings is 2. The summed E-state index contributed by atoms with van der Waals surface area (Å²) in [5.41, 5.74) is 2.99. The molecule has 0 amide bonds. The summed E-state index contributed by atoms with van der Waals surface area (Å²) in [4.78, 5) is 11.0. The smallest absolute Gasteiger partial charge is 0.226 e. The molecule has 0 atom stereocenters. The molecule has 0 saturated carbocycles. The molecular weight excluding hydrogens is 270 g/mol. The first-order valence-electron chi connectivity index (χ1n) is 5.70. The fraction of sp³-hybridized carbons (Fsp3) is 0.133. The van der Waals surface area contributed by atoms with E-state index in [4.69, 9.17) is 11.6 Å². The lowest BCUT2D eigenvalue weighted by Crippen LogP contribution is -1.97. The second-order valence-electron chi connectivity index (χ2n) is 4.30. The number of hydrogen-bond acceptors (Lipinski definition) is 1. The molecule has 1 nitrogen and oxygen atoms in total. The molecule has 0 heterocycles. The van der Waals surface area contributed by atoms with Crippen LogP contribution < -0.4 is 0 Å². The van der Waals surface area contributed by atoms with Crippen LogP contribution in [0.5, 0.6) is 0 Å². The second kappa shape index (κ2) is 5.49. The first-order chi connectivity index (χ1) is 8.97. The summed E-state index contributed by atoms with van der Waals surface area (Å²) in [6.45, 7) is 1.87. The van der Waals surface area contributed by atoms with Crippen LogP contribution in [0.15, 0.2) is 36.4 Å². The first kappa shape index (κ1) is 13.7. The largest absolute Gasteiger partial charge is 0.281 e. The Labute approximate surface area is 114 Å². The second-order valence-corrected chi connectivity index (χ2v) is 4.72. The molecule has 0 N–H and O–H groups in total. The van der Waals surface area contributed by atoms with Crippen LogP contribution in [-0.2, 0) is 11.2 Å². The van der Waals surface area contributed by atoms with Gasteiger partial charge in [0.1, 0.15) is 0 Å². The van der Waals surface area contributed by atoms with Gasteiger partial charge in [0.2, 0.25) is 5.24 Å². The lowest BCUT2D eigenvalue weighted by molar-refractivity contribution is -0.111. The van der Waals surface area contributed by atoms with Crippen LogP contribution in [0.4, 0.5) is 8.78 Å². The Kier molecular flexibility index (Phi) is 3.96. The molecule has 0 radical (unpaired) electrons. The highest BCUT2D eigenvalue weighted by atomic mass is 35.5. The highest BCUT2D eigenvalue weighted by Gasteiger charge is 2.08. The van der Waals surface area contributed by atoms with E-state index < -0.39 is 16.9 Å². The van der Waals surface area contributed by atoms with E-state index in [0.717, 1.165) is 28.8 Å². The lowest BCUT2D eigenvalue weighted by Gasteiger charge is -2.08. The van der Waals surface area contributed by atoms with Gasteiger partial charge in [0.25, 0.3) is 0 Å². The Morgan fingerprint density at radius 2 is 1.68 bits per heavy atom. The Morgan fingerprint density at radius 3 is 2.32 bits per heavy atom. The number of halogens is 3. The van der Waals surface area contributed by atoms with Gasteiger partial charge in [0, 0.05) is 6.42 Å². The van der Waals surface area contributed by atoms with E-state index in [1.165, 1.54) is 6.07 Å². The molecule has 0 bridgehead atoms. The minimum atomic E-state index is -0.895. The third kappa shape index (κ3) is 3.18. The first-order valence-corrected chi connectivity index (χ1v) is 6.08. The summed E-state index contributed by atoms with van der Waals surface area (Å²) in [7, 11) is 0. The van der Waals surface area contributed by atoms with Gasteiger partial charge in [-0.05, 0) is 52.9 Å². The van der Waals surface area contributed by atoms with E-state index in [1.807, 2.05) is 13.0 Å². The van der Waals surface area contributed by atoms with E-state index >= 15 is 0 Å². The molecule has 2 rings (SSSR count). The molecule has 0 aliphatic carbocycles. The zero-order chi connectivity index (χ0) is 14.0. The van der Waals surface area contributed by atoms with Gasteiger partial charge in [-0.3, -0.25) is 4.79 Å². The Morgan fingerprint density at radius 1 is 1.05 bits per heavy atom. The Balaban J connectivity index is 2.44. The molecule has 2 aromatic carbocycles. The van der Waals surface area contributed by atoms with Gasteiger partial charge >= 0.3 is 0 Å². The van der Waals surface area contributed by atoms with Gasteiger partial charge in [-0.2, -0.15) is 0 Å². The molecule has 0 fully saturated rings. The minimum absolute atomic E-state index is 0.116. The van der Waals surface area contributed by atoms with Crippen LogP contribution in [0.25, 0.3) is 11.1 Å². The van der Waals surface area contributed by atoms with E-state index in [0.29, 0.717) is 5.56 Å². The van der Waals surface area contributed by atoms with Crippen molar-refractivity contribution in [2.75, 3.05) is 0 Å². The van der Waals surface area contributed by atoms with Crippen molar-refractivity contribution < 1.29 is 13.6 Å². The number of rotatable bonds is 3. The van der Waals surface area contributed by atoms with Crippen molar-refractivity contribution in [3.63, 3.8) is 0 Å². The quantitative estimate of drug-likeness (QED) is 0.768. The summed E-state index contributed by atoms with van der Waals surface area (Å²) in [6.07, 6.45) is 0.116. The van der Waals surface area contributed by atoms with Gasteiger partial charge in [-0.1, -0.05) is 24.3 Å². The third-order valence-corrected chi connectivity index (χ3v) is 3.07. The summed E-state index contributed by atoms with van der Waals surface area (Å²) in [5.74, 6) is -1.78. The van der Waals surface area contributed by atoms with Crippen LogP contribution in [0.2, 0.25) is 0 Å². The maximum atomic E-state index is 13.2. The Bertz CT molecular complexity index is 638. The Hall–Kier alpha value is -1.74. The average molecular weight is 281 g/mol. The normalized spacial score (nSPS) is 10.5. The van der Waals surface area contributed by atoms with Crippen molar-refractivity contribution >= 4 is 16.8 Å². The third-order valence-electron chi connectivity index (χ3n) is 2.93. The topological polar surface area (TPSA) is 17.1 Å². The summed E-state index contributed by atoms with van der Waals surface area (Å²) in [6, 6.07) is 9.09. The van der Waals surface area contributed by atoms with Gasteiger partial charge in [0.15, 0.2) is 11.6 Å². The van der Waals surface area contributed by atoms with Crippen LogP contribution >= 0.6 is 11.6 Å².